The highest BCUT2D eigenvalue weighted by Crippen LogP contribution is 2.37. The maximum absolute atomic E-state index is 4.73. The Labute approximate surface area is 183 Å². The molecule has 2 heterocycles. The number of aromatic nitrogens is 3. The van der Waals surface area contributed by atoms with Crippen molar-refractivity contribution in [1.29, 1.82) is 0 Å². The molecule has 2 aromatic heterocycles. The molecule has 0 amide bonds. The van der Waals surface area contributed by atoms with Crippen molar-refractivity contribution in [1.82, 2.24) is 14.1 Å². The summed E-state index contributed by atoms with van der Waals surface area (Å²) in [5, 5.41) is 0. The number of para-hydroxylation sites is 1. The molecule has 0 saturated carbocycles. The van der Waals surface area contributed by atoms with Crippen LogP contribution in [0.3, 0.4) is 0 Å². The summed E-state index contributed by atoms with van der Waals surface area (Å²) in [6, 6.07) is 33.9. The normalized spacial score (nSPS) is 11.2. The molecule has 0 fully saturated rings. The molecule has 0 radical (unpaired) electrons. The maximum Gasteiger partial charge on any atom is 0.145 e. The van der Waals surface area contributed by atoms with E-state index in [0.717, 1.165) is 22.9 Å². The molecule has 3 aromatic carbocycles. The van der Waals surface area contributed by atoms with Crippen molar-refractivity contribution in [3.63, 3.8) is 0 Å². The van der Waals surface area contributed by atoms with Crippen molar-refractivity contribution in [3.05, 3.63) is 115 Å². The Morgan fingerprint density at radius 1 is 0.710 bits per heavy atom. The molecule has 0 aliphatic carbocycles. The van der Waals surface area contributed by atoms with E-state index < -0.39 is 0 Å². The van der Waals surface area contributed by atoms with Crippen molar-refractivity contribution < 1.29 is 0 Å². The lowest BCUT2D eigenvalue weighted by Crippen LogP contribution is -2.08. The van der Waals surface area contributed by atoms with Crippen LogP contribution >= 0.6 is 0 Å². The van der Waals surface area contributed by atoms with Crippen molar-refractivity contribution in [2.24, 2.45) is 0 Å². The summed E-state index contributed by atoms with van der Waals surface area (Å²) in [4.78, 5) is 4.73. The van der Waals surface area contributed by atoms with Gasteiger partial charge in [0.05, 0.1) is 5.69 Å². The first-order valence-electron chi connectivity index (χ1n) is 10.7. The van der Waals surface area contributed by atoms with E-state index in [1.165, 1.54) is 16.8 Å². The van der Waals surface area contributed by atoms with Gasteiger partial charge in [-0.25, -0.2) is 4.98 Å². The van der Waals surface area contributed by atoms with Crippen LogP contribution in [0, 0.1) is 0 Å². The van der Waals surface area contributed by atoms with Crippen LogP contribution in [0.5, 0.6) is 0 Å². The second-order valence-electron chi connectivity index (χ2n) is 7.99. The fraction of sp³-hybridized carbons (Fsp3) is 0.107. The Kier molecular flexibility index (Phi) is 5.01. The molecule has 152 valence electrons. The van der Waals surface area contributed by atoms with Gasteiger partial charge in [0.25, 0.3) is 0 Å². The average Bonchev–Trinajstić information content (AvgIpc) is 3.46. The molecule has 0 saturated heterocycles. The number of hydrogen-bond acceptors (Lipinski definition) is 1. The topological polar surface area (TPSA) is 22.8 Å². The predicted molar refractivity (Wildman–Crippen MR) is 128 cm³/mol. The minimum absolute atomic E-state index is 0.355. The van der Waals surface area contributed by atoms with Gasteiger partial charge in [0.15, 0.2) is 0 Å². The van der Waals surface area contributed by atoms with Crippen LogP contribution in [0.15, 0.2) is 109 Å². The highest BCUT2D eigenvalue weighted by atomic mass is 15.2. The fourth-order valence-corrected chi connectivity index (χ4v) is 4.13. The second-order valence-corrected chi connectivity index (χ2v) is 7.99. The number of rotatable bonds is 5. The first kappa shape index (κ1) is 19.1. The lowest BCUT2D eigenvalue weighted by molar-refractivity contribution is 0.830. The summed E-state index contributed by atoms with van der Waals surface area (Å²) in [7, 11) is 0. The van der Waals surface area contributed by atoms with E-state index in [9.17, 15) is 0 Å². The number of benzene rings is 3. The third-order valence-electron chi connectivity index (χ3n) is 5.61. The molecule has 0 N–H and O–H groups in total. The lowest BCUT2D eigenvalue weighted by Gasteiger charge is -2.18. The fourth-order valence-electron chi connectivity index (χ4n) is 4.13. The minimum atomic E-state index is 0.355. The van der Waals surface area contributed by atoms with Crippen molar-refractivity contribution in [2.75, 3.05) is 0 Å². The SMILES string of the molecule is CC(C)c1cc(-c2ccccc2)n(-c2ccccc2)c1-n1ccnc1-c1ccccc1. The maximum atomic E-state index is 4.73. The molecular weight excluding hydrogens is 378 g/mol. The summed E-state index contributed by atoms with van der Waals surface area (Å²) in [6.07, 6.45) is 3.95. The van der Waals surface area contributed by atoms with Crippen molar-refractivity contribution in [2.45, 2.75) is 19.8 Å². The van der Waals surface area contributed by atoms with Gasteiger partial charge in [-0.05, 0) is 35.2 Å². The zero-order chi connectivity index (χ0) is 21.2. The Balaban J connectivity index is 1.85. The van der Waals surface area contributed by atoms with E-state index >= 15 is 0 Å². The third-order valence-corrected chi connectivity index (χ3v) is 5.61. The summed E-state index contributed by atoms with van der Waals surface area (Å²) >= 11 is 0. The lowest BCUT2D eigenvalue weighted by atomic mass is 10.0. The molecule has 0 spiro atoms. The van der Waals surface area contributed by atoms with Crippen LogP contribution in [0.25, 0.3) is 34.2 Å². The minimum Gasteiger partial charge on any atom is -0.295 e. The van der Waals surface area contributed by atoms with Crippen molar-refractivity contribution in [3.8, 4) is 34.2 Å². The smallest absolute Gasteiger partial charge is 0.145 e. The molecular formula is C28H25N3. The Hall–Kier alpha value is -3.85. The molecule has 3 heteroatoms. The molecule has 0 aliphatic rings. The van der Waals surface area contributed by atoms with E-state index in [2.05, 4.69) is 120 Å². The Bertz CT molecular complexity index is 1280. The molecule has 31 heavy (non-hydrogen) atoms. The van der Waals surface area contributed by atoms with Crippen LogP contribution in [0.1, 0.15) is 25.3 Å². The first-order valence-corrected chi connectivity index (χ1v) is 10.7. The van der Waals surface area contributed by atoms with Gasteiger partial charge < -0.3 is 0 Å². The monoisotopic (exact) mass is 403 g/mol. The summed E-state index contributed by atoms with van der Waals surface area (Å²) in [5.41, 5.74) is 5.90. The average molecular weight is 404 g/mol. The van der Waals surface area contributed by atoms with Gasteiger partial charge in [-0.15, -0.1) is 0 Å². The van der Waals surface area contributed by atoms with Gasteiger partial charge >= 0.3 is 0 Å². The van der Waals surface area contributed by atoms with E-state index in [1.54, 1.807) is 0 Å². The van der Waals surface area contributed by atoms with Crippen LogP contribution in [0.2, 0.25) is 0 Å². The summed E-state index contributed by atoms with van der Waals surface area (Å²) in [6.45, 7) is 4.50. The number of nitrogens with zero attached hydrogens (tertiary/aromatic N) is 3. The van der Waals surface area contributed by atoms with Crippen LogP contribution in [-0.4, -0.2) is 14.1 Å². The van der Waals surface area contributed by atoms with E-state index in [0.29, 0.717) is 5.92 Å². The van der Waals surface area contributed by atoms with Crippen LogP contribution in [-0.2, 0) is 0 Å². The highest BCUT2D eigenvalue weighted by molar-refractivity contribution is 5.70. The summed E-state index contributed by atoms with van der Waals surface area (Å²) < 4.78 is 4.59. The van der Waals surface area contributed by atoms with Gasteiger partial charge in [0.1, 0.15) is 11.6 Å². The van der Waals surface area contributed by atoms with Gasteiger partial charge in [-0.3, -0.25) is 9.13 Å². The van der Waals surface area contributed by atoms with Crippen molar-refractivity contribution >= 4 is 0 Å². The van der Waals surface area contributed by atoms with E-state index in [1.807, 2.05) is 12.3 Å². The Morgan fingerprint density at radius 2 is 1.29 bits per heavy atom. The van der Waals surface area contributed by atoms with Gasteiger partial charge in [0, 0.05) is 23.6 Å². The van der Waals surface area contributed by atoms with Gasteiger partial charge in [0.2, 0.25) is 0 Å². The zero-order valence-electron chi connectivity index (χ0n) is 17.8. The van der Waals surface area contributed by atoms with Gasteiger partial charge in [-0.2, -0.15) is 0 Å². The number of hydrogen-bond donors (Lipinski definition) is 0. The molecule has 0 atom stereocenters. The largest absolute Gasteiger partial charge is 0.295 e. The predicted octanol–water partition coefficient (Wildman–Crippen LogP) is 7.12. The molecule has 5 rings (SSSR count). The second kappa shape index (κ2) is 8.11. The molecule has 3 nitrogen and oxygen atoms in total. The highest BCUT2D eigenvalue weighted by Gasteiger charge is 2.23. The molecule has 0 bridgehead atoms. The quantitative estimate of drug-likeness (QED) is 0.306. The zero-order valence-corrected chi connectivity index (χ0v) is 17.8. The van der Waals surface area contributed by atoms with Crippen LogP contribution < -0.4 is 0 Å². The summed E-state index contributed by atoms with van der Waals surface area (Å²) in [5.74, 6) is 2.43. The third kappa shape index (κ3) is 3.49. The molecule has 0 unspecified atom stereocenters. The van der Waals surface area contributed by atoms with E-state index in [-0.39, 0.29) is 0 Å². The standard InChI is InChI=1S/C28H25N3/c1-21(2)25-20-26(22-12-6-3-7-13-22)31(24-16-10-5-11-17-24)28(25)30-19-18-29-27(30)23-14-8-4-9-15-23/h3-21H,1-2H3. The number of imidazole rings is 1. The Morgan fingerprint density at radius 3 is 1.90 bits per heavy atom. The molecule has 5 aromatic rings. The first-order chi connectivity index (χ1) is 15.2. The van der Waals surface area contributed by atoms with E-state index in [4.69, 9.17) is 4.98 Å². The van der Waals surface area contributed by atoms with Gasteiger partial charge in [-0.1, -0.05) is 92.7 Å². The van der Waals surface area contributed by atoms with Crippen LogP contribution in [0.4, 0.5) is 0 Å². The molecule has 0 aliphatic heterocycles.